The van der Waals surface area contributed by atoms with Crippen LogP contribution in [-0.2, 0) is 19.4 Å². The third-order valence-corrected chi connectivity index (χ3v) is 3.65. The van der Waals surface area contributed by atoms with E-state index in [0.717, 1.165) is 37.3 Å². The molecule has 3 rings (SSSR count). The summed E-state index contributed by atoms with van der Waals surface area (Å²) in [6.07, 6.45) is 5.40. The van der Waals surface area contributed by atoms with Gasteiger partial charge in [0, 0.05) is 30.9 Å². The molecular formula is C18H20N4O. The lowest BCUT2D eigenvalue weighted by Gasteiger charge is -2.05. The van der Waals surface area contributed by atoms with Crippen molar-refractivity contribution in [3.05, 3.63) is 65.7 Å². The molecule has 0 fully saturated rings. The summed E-state index contributed by atoms with van der Waals surface area (Å²) in [6.45, 7) is 3.81. The minimum Gasteiger partial charge on any atom is -0.334 e. The fourth-order valence-electron chi connectivity index (χ4n) is 2.29. The zero-order valence-electron chi connectivity index (χ0n) is 13.2. The molecule has 23 heavy (non-hydrogen) atoms. The van der Waals surface area contributed by atoms with Crippen molar-refractivity contribution in [3.8, 4) is 11.5 Å². The first-order chi connectivity index (χ1) is 11.3. The van der Waals surface area contributed by atoms with Gasteiger partial charge in [-0.1, -0.05) is 24.2 Å². The first-order valence-corrected chi connectivity index (χ1v) is 7.86. The van der Waals surface area contributed by atoms with E-state index in [1.807, 2.05) is 43.6 Å². The minimum absolute atomic E-state index is 0.587. The molecule has 0 unspecified atom stereocenters. The minimum atomic E-state index is 0.587. The molecule has 1 N–H and O–H groups in total. The van der Waals surface area contributed by atoms with Gasteiger partial charge in [-0.05, 0) is 48.4 Å². The molecule has 2 heterocycles. The Bertz CT molecular complexity index is 722. The van der Waals surface area contributed by atoms with Crippen molar-refractivity contribution in [3.63, 3.8) is 0 Å². The van der Waals surface area contributed by atoms with Crippen LogP contribution in [0.5, 0.6) is 0 Å². The summed E-state index contributed by atoms with van der Waals surface area (Å²) in [5.41, 5.74) is 3.50. The summed E-state index contributed by atoms with van der Waals surface area (Å²) in [5, 5.41) is 7.36. The second-order valence-corrected chi connectivity index (χ2v) is 5.35. The van der Waals surface area contributed by atoms with Crippen LogP contribution in [0.3, 0.4) is 0 Å². The Balaban J connectivity index is 1.49. The monoisotopic (exact) mass is 308 g/mol. The van der Waals surface area contributed by atoms with E-state index in [-0.39, 0.29) is 0 Å². The largest absolute Gasteiger partial charge is 0.334 e. The average molecular weight is 308 g/mol. The smallest absolute Gasteiger partial charge is 0.257 e. The SMILES string of the molecule is CCc1noc(-c2ccc(CCNCc3ccncc3)cc2)n1. The lowest BCUT2D eigenvalue weighted by molar-refractivity contribution is 0.423. The highest BCUT2D eigenvalue weighted by Gasteiger charge is 2.07. The lowest BCUT2D eigenvalue weighted by Crippen LogP contribution is -2.16. The molecule has 0 bridgehead atoms. The van der Waals surface area contributed by atoms with Crippen molar-refractivity contribution in [2.24, 2.45) is 0 Å². The van der Waals surface area contributed by atoms with E-state index >= 15 is 0 Å². The number of aryl methyl sites for hydroxylation is 1. The van der Waals surface area contributed by atoms with Crippen LogP contribution in [0.1, 0.15) is 23.9 Å². The molecular weight excluding hydrogens is 288 g/mol. The molecule has 0 saturated heterocycles. The van der Waals surface area contributed by atoms with E-state index in [0.29, 0.717) is 5.89 Å². The van der Waals surface area contributed by atoms with Crippen LogP contribution >= 0.6 is 0 Å². The summed E-state index contributed by atoms with van der Waals surface area (Å²) in [7, 11) is 0. The Kier molecular flexibility index (Phi) is 5.11. The summed E-state index contributed by atoms with van der Waals surface area (Å²) in [4.78, 5) is 8.36. The van der Waals surface area contributed by atoms with Crippen LogP contribution in [0, 0.1) is 0 Å². The molecule has 3 aromatic rings. The van der Waals surface area contributed by atoms with Crippen LogP contribution in [0.25, 0.3) is 11.5 Å². The zero-order chi connectivity index (χ0) is 15.9. The number of hydrogen-bond acceptors (Lipinski definition) is 5. The van der Waals surface area contributed by atoms with E-state index in [9.17, 15) is 0 Å². The lowest BCUT2D eigenvalue weighted by atomic mass is 10.1. The number of nitrogens with zero attached hydrogens (tertiary/aromatic N) is 3. The van der Waals surface area contributed by atoms with Crippen molar-refractivity contribution in [2.45, 2.75) is 26.3 Å². The number of hydrogen-bond donors (Lipinski definition) is 1. The Morgan fingerprint density at radius 1 is 1.00 bits per heavy atom. The first-order valence-electron chi connectivity index (χ1n) is 7.86. The highest BCUT2D eigenvalue weighted by atomic mass is 16.5. The van der Waals surface area contributed by atoms with Gasteiger partial charge >= 0.3 is 0 Å². The summed E-state index contributed by atoms with van der Waals surface area (Å²) >= 11 is 0. The number of pyridine rings is 1. The molecule has 0 radical (unpaired) electrons. The molecule has 0 aliphatic heterocycles. The Morgan fingerprint density at radius 3 is 2.48 bits per heavy atom. The van der Waals surface area contributed by atoms with Gasteiger partial charge in [-0.2, -0.15) is 4.98 Å². The van der Waals surface area contributed by atoms with Gasteiger partial charge in [-0.15, -0.1) is 0 Å². The predicted molar refractivity (Wildman–Crippen MR) is 88.8 cm³/mol. The van der Waals surface area contributed by atoms with Crippen molar-refractivity contribution < 1.29 is 4.52 Å². The zero-order valence-corrected chi connectivity index (χ0v) is 13.2. The highest BCUT2D eigenvalue weighted by molar-refractivity contribution is 5.53. The van der Waals surface area contributed by atoms with E-state index in [4.69, 9.17) is 4.52 Å². The standard InChI is InChI=1S/C18H20N4O/c1-2-17-21-18(23-22-17)16-5-3-14(4-6-16)7-12-20-13-15-8-10-19-11-9-15/h3-6,8-11,20H,2,7,12-13H2,1H3. The highest BCUT2D eigenvalue weighted by Crippen LogP contribution is 2.18. The number of aromatic nitrogens is 3. The molecule has 1 aromatic carbocycles. The summed E-state index contributed by atoms with van der Waals surface area (Å²) < 4.78 is 5.25. The molecule has 2 aromatic heterocycles. The van der Waals surface area contributed by atoms with Crippen LogP contribution in [0.4, 0.5) is 0 Å². The van der Waals surface area contributed by atoms with E-state index in [1.165, 1.54) is 11.1 Å². The second-order valence-electron chi connectivity index (χ2n) is 5.35. The predicted octanol–water partition coefficient (Wildman–Crippen LogP) is 3.03. The van der Waals surface area contributed by atoms with Gasteiger partial charge in [0.2, 0.25) is 0 Å². The van der Waals surface area contributed by atoms with E-state index in [2.05, 4.69) is 32.6 Å². The van der Waals surface area contributed by atoms with Crippen molar-refractivity contribution in [1.82, 2.24) is 20.4 Å². The maximum atomic E-state index is 5.25. The second kappa shape index (κ2) is 7.65. The van der Waals surface area contributed by atoms with Gasteiger partial charge in [0.25, 0.3) is 5.89 Å². The van der Waals surface area contributed by atoms with Gasteiger partial charge in [0.1, 0.15) is 0 Å². The first kappa shape index (κ1) is 15.4. The summed E-state index contributed by atoms with van der Waals surface area (Å²) in [5.74, 6) is 1.33. The average Bonchev–Trinajstić information content (AvgIpc) is 3.09. The van der Waals surface area contributed by atoms with Crippen molar-refractivity contribution in [1.29, 1.82) is 0 Å². The molecule has 118 valence electrons. The van der Waals surface area contributed by atoms with Gasteiger partial charge in [-0.25, -0.2) is 0 Å². The quantitative estimate of drug-likeness (QED) is 0.680. The van der Waals surface area contributed by atoms with Crippen molar-refractivity contribution >= 4 is 0 Å². The molecule has 0 spiro atoms. The topological polar surface area (TPSA) is 63.8 Å². The maximum absolute atomic E-state index is 5.25. The Morgan fingerprint density at radius 2 is 1.78 bits per heavy atom. The third-order valence-electron chi connectivity index (χ3n) is 3.65. The van der Waals surface area contributed by atoms with Crippen LogP contribution in [0.15, 0.2) is 53.3 Å². The molecule has 0 atom stereocenters. The van der Waals surface area contributed by atoms with Crippen LogP contribution in [-0.4, -0.2) is 21.7 Å². The maximum Gasteiger partial charge on any atom is 0.257 e. The fourth-order valence-corrected chi connectivity index (χ4v) is 2.29. The van der Waals surface area contributed by atoms with E-state index in [1.54, 1.807) is 0 Å². The number of benzene rings is 1. The van der Waals surface area contributed by atoms with Gasteiger partial charge in [0.15, 0.2) is 5.82 Å². The van der Waals surface area contributed by atoms with Crippen LogP contribution in [0.2, 0.25) is 0 Å². The van der Waals surface area contributed by atoms with Crippen molar-refractivity contribution in [2.75, 3.05) is 6.54 Å². The van der Waals surface area contributed by atoms with Crippen LogP contribution < -0.4 is 5.32 Å². The van der Waals surface area contributed by atoms with Gasteiger partial charge < -0.3 is 9.84 Å². The Hall–Kier alpha value is -2.53. The normalized spacial score (nSPS) is 10.8. The third kappa shape index (κ3) is 4.23. The molecule has 0 aliphatic rings. The fraction of sp³-hybridized carbons (Fsp3) is 0.278. The summed E-state index contributed by atoms with van der Waals surface area (Å²) in [6, 6.07) is 12.3. The number of rotatable bonds is 7. The molecule has 5 nitrogen and oxygen atoms in total. The molecule has 0 amide bonds. The Labute approximate surface area is 135 Å². The van der Waals surface area contributed by atoms with Gasteiger partial charge in [-0.3, -0.25) is 4.98 Å². The number of nitrogens with one attached hydrogen (secondary N) is 1. The molecule has 5 heteroatoms. The van der Waals surface area contributed by atoms with E-state index < -0.39 is 0 Å². The molecule has 0 aliphatic carbocycles. The van der Waals surface area contributed by atoms with Gasteiger partial charge in [0.05, 0.1) is 0 Å². The molecule has 0 saturated carbocycles.